The van der Waals surface area contributed by atoms with Gasteiger partial charge in [0.05, 0.1) is 11.5 Å². The zero-order valence-electron chi connectivity index (χ0n) is 11.8. The van der Waals surface area contributed by atoms with Gasteiger partial charge in [-0.1, -0.05) is 0 Å². The third-order valence-electron chi connectivity index (χ3n) is 3.63. The predicted molar refractivity (Wildman–Crippen MR) is 97.0 cm³/mol. The number of aliphatic imine (C=N–C) groups is 1. The Labute approximate surface area is 143 Å². The minimum Gasteiger partial charge on any atom is -0.356 e. The van der Waals surface area contributed by atoms with Crippen LogP contribution in [0.4, 0.5) is 0 Å². The van der Waals surface area contributed by atoms with Crippen molar-refractivity contribution < 1.29 is 8.42 Å². The molecule has 20 heavy (non-hydrogen) atoms. The lowest BCUT2D eigenvalue weighted by Crippen LogP contribution is -2.42. The molecule has 118 valence electrons. The van der Waals surface area contributed by atoms with Gasteiger partial charge in [-0.15, -0.1) is 24.0 Å². The summed E-state index contributed by atoms with van der Waals surface area (Å²) in [4.78, 5) is 4.18. The van der Waals surface area contributed by atoms with Crippen LogP contribution < -0.4 is 10.6 Å². The smallest absolute Gasteiger partial charge is 0.191 e. The Balaban J connectivity index is 0.00000200. The number of rotatable bonds is 4. The van der Waals surface area contributed by atoms with Gasteiger partial charge in [0, 0.05) is 25.4 Å². The highest BCUT2D eigenvalue weighted by molar-refractivity contribution is 14.0. The minimum absolute atomic E-state index is 0. The van der Waals surface area contributed by atoms with Crippen molar-refractivity contribution in [2.75, 3.05) is 37.4 Å². The molecule has 2 N–H and O–H groups in total. The maximum Gasteiger partial charge on any atom is 0.191 e. The van der Waals surface area contributed by atoms with Crippen LogP contribution in [-0.2, 0) is 9.84 Å². The number of halogens is 1. The summed E-state index contributed by atoms with van der Waals surface area (Å²) in [6.07, 6.45) is 3.35. The van der Waals surface area contributed by atoms with Crippen LogP contribution in [0.25, 0.3) is 0 Å². The molecule has 0 aliphatic carbocycles. The lowest BCUT2D eigenvalue weighted by Gasteiger charge is -2.16. The van der Waals surface area contributed by atoms with Gasteiger partial charge in [-0.2, -0.15) is 11.8 Å². The number of guanidine groups is 1. The largest absolute Gasteiger partial charge is 0.356 e. The molecule has 2 atom stereocenters. The van der Waals surface area contributed by atoms with Crippen molar-refractivity contribution in [2.45, 2.75) is 24.5 Å². The van der Waals surface area contributed by atoms with Crippen molar-refractivity contribution in [1.82, 2.24) is 10.6 Å². The monoisotopic (exact) mass is 433 g/mol. The van der Waals surface area contributed by atoms with E-state index in [1.54, 1.807) is 7.05 Å². The summed E-state index contributed by atoms with van der Waals surface area (Å²) in [6, 6.07) is 0. The van der Waals surface area contributed by atoms with E-state index < -0.39 is 9.84 Å². The topological polar surface area (TPSA) is 70.6 Å². The standard InChI is InChI=1S/C12H23N3O2S2.HI/c1-13-12(15-8-11-3-2-5-18-11)14-7-10-4-6-19(16,17)9-10;/h10-11H,2-9H2,1H3,(H2,13,14,15);1H. The van der Waals surface area contributed by atoms with Gasteiger partial charge in [-0.25, -0.2) is 8.42 Å². The lowest BCUT2D eigenvalue weighted by molar-refractivity contribution is 0.566. The molecule has 0 bridgehead atoms. The Kier molecular flexibility index (Phi) is 7.96. The second-order valence-electron chi connectivity index (χ2n) is 5.24. The van der Waals surface area contributed by atoms with E-state index in [4.69, 9.17) is 0 Å². The molecule has 0 aromatic carbocycles. The molecule has 0 amide bonds. The maximum atomic E-state index is 11.4. The Hall–Kier alpha value is 0.300. The highest BCUT2D eigenvalue weighted by atomic mass is 127. The van der Waals surface area contributed by atoms with Gasteiger partial charge in [0.2, 0.25) is 0 Å². The summed E-state index contributed by atoms with van der Waals surface area (Å²) in [5, 5.41) is 7.25. The molecule has 2 aliphatic rings. The van der Waals surface area contributed by atoms with Gasteiger partial charge < -0.3 is 10.6 Å². The summed E-state index contributed by atoms with van der Waals surface area (Å²) < 4.78 is 22.8. The molecule has 0 aromatic heterocycles. The summed E-state index contributed by atoms with van der Waals surface area (Å²) in [7, 11) is -1.03. The molecule has 0 spiro atoms. The average molecular weight is 433 g/mol. The molecule has 2 saturated heterocycles. The van der Waals surface area contributed by atoms with Gasteiger partial charge in [0.25, 0.3) is 0 Å². The van der Waals surface area contributed by atoms with Gasteiger partial charge in [-0.05, 0) is 30.9 Å². The first-order valence-corrected chi connectivity index (χ1v) is 9.72. The van der Waals surface area contributed by atoms with Crippen molar-refractivity contribution in [2.24, 2.45) is 10.9 Å². The van der Waals surface area contributed by atoms with E-state index in [0.29, 0.717) is 23.3 Å². The van der Waals surface area contributed by atoms with Crippen LogP contribution in [0, 0.1) is 5.92 Å². The summed E-state index contributed by atoms with van der Waals surface area (Å²) in [5.74, 6) is 2.93. The summed E-state index contributed by atoms with van der Waals surface area (Å²) in [6.45, 7) is 1.63. The van der Waals surface area contributed by atoms with Gasteiger partial charge in [0.15, 0.2) is 15.8 Å². The first-order chi connectivity index (χ1) is 9.09. The van der Waals surface area contributed by atoms with Crippen molar-refractivity contribution >= 4 is 51.5 Å². The molecule has 2 unspecified atom stereocenters. The number of nitrogens with one attached hydrogen (secondary N) is 2. The van der Waals surface area contributed by atoms with E-state index in [-0.39, 0.29) is 29.9 Å². The van der Waals surface area contributed by atoms with Crippen molar-refractivity contribution in [3.8, 4) is 0 Å². The van der Waals surface area contributed by atoms with Crippen LogP contribution in [0.1, 0.15) is 19.3 Å². The Morgan fingerprint density at radius 3 is 2.60 bits per heavy atom. The Morgan fingerprint density at radius 1 is 1.30 bits per heavy atom. The quantitative estimate of drug-likeness (QED) is 0.395. The fourth-order valence-electron chi connectivity index (χ4n) is 2.51. The Bertz CT molecular complexity index is 422. The molecule has 0 saturated carbocycles. The van der Waals surface area contributed by atoms with Crippen molar-refractivity contribution in [3.63, 3.8) is 0 Å². The fraction of sp³-hybridized carbons (Fsp3) is 0.917. The molecule has 2 rings (SSSR count). The molecule has 2 heterocycles. The number of thioether (sulfide) groups is 1. The van der Waals surface area contributed by atoms with Crippen LogP contribution in [0.3, 0.4) is 0 Å². The maximum absolute atomic E-state index is 11.4. The normalized spacial score (nSPS) is 28.9. The van der Waals surface area contributed by atoms with Crippen LogP contribution >= 0.6 is 35.7 Å². The van der Waals surface area contributed by atoms with Crippen LogP contribution in [0.5, 0.6) is 0 Å². The molecule has 8 heteroatoms. The molecular weight excluding hydrogens is 409 g/mol. The first kappa shape index (κ1) is 18.3. The molecule has 2 aliphatic heterocycles. The highest BCUT2D eigenvalue weighted by Gasteiger charge is 2.27. The number of hydrogen-bond acceptors (Lipinski definition) is 4. The van der Waals surface area contributed by atoms with E-state index in [0.717, 1.165) is 18.9 Å². The van der Waals surface area contributed by atoms with E-state index in [1.165, 1.54) is 18.6 Å². The fourth-order valence-corrected chi connectivity index (χ4v) is 5.57. The number of sulfone groups is 1. The number of hydrogen-bond donors (Lipinski definition) is 2. The Morgan fingerprint density at radius 2 is 2.05 bits per heavy atom. The predicted octanol–water partition coefficient (Wildman–Crippen LogP) is 1.10. The van der Waals surface area contributed by atoms with E-state index >= 15 is 0 Å². The van der Waals surface area contributed by atoms with Crippen LogP contribution in [0.15, 0.2) is 4.99 Å². The second-order valence-corrected chi connectivity index (χ2v) is 8.88. The second kappa shape index (κ2) is 8.67. The zero-order chi connectivity index (χ0) is 13.7. The third kappa shape index (κ3) is 5.97. The number of nitrogens with zero attached hydrogens (tertiary/aromatic N) is 1. The highest BCUT2D eigenvalue weighted by Crippen LogP contribution is 2.25. The van der Waals surface area contributed by atoms with E-state index in [2.05, 4.69) is 15.6 Å². The van der Waals surface area contributed by atoms with Crippen molar-refractivity contribution in [1.29, 1.82) is 0 Å². The molecule has 0 radical (unpaired) electrons. The zero-order valence-corrected chi connectivity index (χ0v) is 15.8. The van der Waals surface area contributed by atoms with Crippen molar-refractivity contribution in [3.05, 3.63) is 0 Å². The van der Waals surface area contributed by atoms with E-state index in [1.807, 2.05) is 11.8 Å². The molecule has 5 nitrogen and oxygen atoms in total. The molecular formula is C12H24IN3O2S2. The van der Waals surface area contributed by atoms with Gasteiger partial charge in [-0.3, -0.25) is 4.99 Å². The van der Waals surface area contributed by atoms with E-state index in [9.17, 15) is 8.42 Å². The SMILES string of the molecule is CN=C(NCC1CCS(=O)(=O)C1)NCC1CCCS1.I. The van der Waals surface area contributed by atoms with Gasteiger partial charge in [0.1, 0.15) is 0 Å². The minimum atomic E-state index is -2.78. The molecule has 0 aromatic rings. The lowest BCUT2D eigenvalue weighted by atomic mass is 10.1. The van der Waals surface area contributed by atoms with Crippen LogP contribution in [0.2, 0.25) is 0 Å². The first-order valence-electron chi connectivity index (χ1n) is 6.85. The van der Waals surface area contributed by atoms with Crippen LogP contribution in [-0.4, -0.2) is 57.0 Å². The van der Waals surface area contributed by atoms with Gasteiger partial charge >= 0.3 is 0 Å². The summed E-state index contributed by atoms with van der Waals surface area (Å²) in [5.41, 5.74) is 0. The average Bonchev–Trinajstić information content (AvgIpc) is 2.99. The third-order valence-corrected chi connectivity index (χ3v) is 6.86. The molecule has 2 fully saturated rings. The summed E-state index contributed by atoms with van der Waals surface area (Å²) >= 11 is 2.01.